The smallest absolute Gasteiger partial charge is 0.269 e. The molecule has 1 N–H and O–H groups in total. The molecule has 1 amide bonds. The molecule has 1 atom stereocenters. The van der Waals surface area contributed by atoms with Gasteiger partial charge in [0, 0.05) is 45.8 Å². The van der Waals surface area contributed by atoms with Gasteiger partial charge in [0.05, 0.1) is 5.69 Å². The van der Waals surface area contributed by atoms with Gasteiger partial charge in [0.2, 0.25) is 0 Å². The Balaban J connectivity index is 1.83. The van der Waals surface area contributed by atoms with Gasteiger partial charge in [-0.2, -0.15) is 5.10 Å². The third-order valence-corrected chi connectivity index (χ3v) is 3.74. The zero-order valence-corrected chi connectivity index (χ0v) is 12.9. The summed E-state index contributed by atoms with van der Waals surface area (Å²) in [5.74, 6) is -0.0465. The summed E-state index contributed by atoms with van der Waals surface area (Å²) in [7, 11) is 3.94. The summed E-state index contributed by atoms with van der Waals surface area (Å²) in [6.45, 7) is 9.19. The molecule has 0 saturated carbocycles. The van der Waals surface area contributed by atoms with Crippen molar-refractivity contribution in [1.29, 1.82) is 0 Å². The van der Waals surface area contributed by atoms with Crippen LogP contribution in [-0.4, -0.2) is 71.3 Å². The van der Waals surface area contributed by atoms with Crippen LogP contribution >= 0.6 is 0 Å². The van der Waals surface area contributed by atoms with E-state index in [1.54, 1.807) is 11.7 Å². The van der Waals surface area contributed by atoms with Gasteiger partial charge in [0.25, 0.3) is 5.91 Å². The highest BCUT2D eigenvalue weighted by Gasteiger charge is 2.19. The Morgan fingerprint density at radius 3 is 2.55 bits per heavy atom. The second-order valence-electron chi connectivity index (χ2n) is 5.77. The largest absolute Gasteiger partial charge is 0.347 e. The van der Waals surface area contributed by atoms with Crippen LogP contribution in [0, 0.1) is 6.92 Å². The molecule has 1 aliphatic rings. The molecule has 112 valence electrons. The predicted molar refractivity (Wildman–Crippen MR) is 78.8 cm³/mol. The van der Waals surface area contributed by atoms with E-state index in [4.69, 9.17) is 0 Å². The summed E-state index contributed by atoms with van der Waals surface area (Å²) in [5.41, 5.74) is 1.48. The van der Waals surface area contributed by atoms with Gasteiger partial charge in [-0.25, -0.2) is 0 Å². The van der Waals surface area contributed by atoms with E-state index < -0.39 is 0 Å². The summed E-state index contributed by atoms with van der Waals surface area (Å²) >= 11 is 0. The highest BCUT2D eigenvalue weighted by atomic mass is 16.2. The van der Waals surface area contributed by atoms with Crippen molar-refractivity contribution in [2.75, 3.05) is 39.8 Å². The molecule has 1 saturated heterocycles. The van der Waals surface area contributed by atoms with Crippen molar-refractivity contribution < 1.29 is 4.79 Å². The first-order valence-corrected chi connectivity index (χ1v) is 7.18. The zero-order valence-electron chi connectivity index (χ0n) is 12.9. The van der Waals surface area contributed by atoms with E-state index in [0.717, 1.165) is 38.4 Å². The van der Waals surface area contributed by atoms with Crippen LogP contribution in [0.4, 0.5) is 0 Å². The van der Waals surface area contributed by atoms with Crippen molar-refractivity contribution in [3.05, 3.63) is 17.5 Å². The molecule has 0 aromatic carbocycles. The van der Waals surface area contributed by atoms with Gasteiger partial charge in [-0.1, -0.05) is 0 Å². The van der Waals surface area contributed by atoms with Crippen LogP contribution in [0.25, 0.3) is 0 Å². The van der Waals surface area contributed by atoms with Gasteiger partial charge in [-0.15, -0.1) is 0 Å². The highest BCUT2D eigenvalue weighted by molar-refractivity contribution is 5.92. The predicted octanol–water partition coefficient (Wildman–Crippen LogP) is 0.0942. The Bertz CT molecular complexity index is 462. The number of nitrogens with zero attached hydrogens (tertiary/aromatic N) is 4. The molecule has 1 aromatic rings. The van der Waals surface area contributed by atoms with Gasteiger partial charge < -0.3 is 10.2 Å². The molecule has 6 heteroatoms. The summed E-state index contributed by atoms with van der Waals surface area (Å²) in [6.07, 6.45) is 0. The second kappa shape index (κ2) is 6.37. The number of rotatable bonds is 4. The van der Waals surface area contributed by atoms with Crippen molar-refractivity contribution in [1.82, 2.24) is 24.9 Å². The maximum Gasteiger partial charge on any atom is 0.269 e. The summed E-state index contributed by atoms with van der Waals surface area (Å²) < 4.78 is 1.63. The Labute approximate surface area is 120 Å². The van der Waals surface area contributed by atoms with Crippen LogP contribution in [-0.2, 0) is 7.05 Å². The van der Waals surface area contributed by atoms with Crippen molar-refractivity contribution in [3.63, 3.8) is 0 Å². The average molecular weight is 279 g/mol. The van der Waals surface area contributed by atoms with Crippen LogP contribution in [0.5, 0.6) is 0 Å². The molecule has 0 radical (unpaired) electrons. The molecular weight excluding hydrogens is 254 g/mol. The van der Waals surface area contributed by atoms with E-state index in [0.29, 0.717) is 5.69 Å². The van der Waals surface area contributed by atoms with Gasteiger partial charge in [-0.05, 0) is 27.0 Å². The number of aryl methyl sites for hydroxylation is 2. The van der Waals surface area contributed by atoms with Crippen molar-refractivity contribution in [2.24, 2.45) is 7.05 Å². The fraction of sp³-hybridized carbons (Fsp3) is 0.714. The standard InChI is InChI=1S/C14H25N5O/c1-11-9-13(18(4)16-11)14(20)15-12(2)10-19-7-5-17(3)6-8-19/h9,12H,5-8,10H2,1-4H3,(H,15,20). The van der Waals surface area contributed by atoms with Gasteiger partial charge in [-0.3, -0.25) is 14.4 Å². The van der Waals surface area contributed by atoms with Crippen molar-refractivity contribution >= 4 is 5.91 Å². The zero-order chi connectivity index (χ0) is 14.7. The quantitative estimate of drug-likeness (QED) is 0.849. The van der Waals surface area contributed by atoms with Crippen molar-refractivity contribution in [3.8, 4) is 0 Å². The first-order chi connectivity index (χ1) is 9.45. The lowest BCUT2D eigenvalue weighted by atomic mass is 10.2. The van der Waals surface area contributed by atoms with Crippen LogP contribution < -0.4 is 5.32 Å². The van der Waals surface area contributed by atoms with Crippen LogP contribution in [0.15, 0.2) is 6.07 Å². The Kier molecular flexibility index (Phi) is 4.77. The molecule has 1 unspecified atom stereocenters. The summed E-state index contributed by atoms with van der Waals surface area (Å²) in [6, 6.07) is 1.96. The first kappa shape index (κ1) is 15.0. The van der Waals surface area contributed by atoms with E-state index in [2.05, 4.69) is 34.2 Å². The second-order valence-corrected chi connectivity index (χ2v) is 5.77. The third kappa shape index (κ3) is 3.80. The number of nitrogens with one attached hydrogen (secondary N) is 1. The molecule has 1 aliphatic heterocycles. The molecule has 1 fully saturated rings. The Morgan fingerprint density at radius 2 is 2.00 bits per heavy atom. The number of aromatic nitrogens is 2. The molecule has 0 bridgehead atoms. The average Bonchev–Trinajstić information content (AvgIpc) is 2.71. The summed E-state index contributed by atoms with van der Waals surface area (Å²) in [4.78, 5) is 16.9. The van der Waals surface area contributed by atoms with Gasteiger partial charge in [0.1, 0.15) is 5.69 Å². The molecule has 1 aromatic heterocycles. The number of hydrogen-bond donors (Lipinski definition) is 1. The van der Waals surface area contributed by atoms with E-state index in [-0.39, 0.29) is 11.9 Å². The fourth-order valence-electron chi connectivity index (χ4n) is 2.58. The minimum absolute atomic E-state index is 0.0465. The number of hydrogen-bond acceptors (Lipinski definition) is 4. The fourth-order valence-corrected chi connectivity index (χ4v) is 2.58. The molecule has 2 rings (SSSR count). The molecule has 6 nitrogen and oxygen atoms in total. The van der Waals surface area contributed by atoms with Crippen LogP contribution in [0.1, 0.15) is 23.1 Å². The first-order valence-electron chi connectivity index (χ1n) is 7.18. The lowest BCUT2D eigenvalue weighted by molar-refractivity contribution is 0.0905. The summed E-state index contributed by atoms with van der Waals surface area (Å²) in [5, 5.41) is 7.26. The lowest BCUT2D eigenvalue weighted by Crippen LogP contribution is -2.49. The van der Waals surface area contributed by atoms with E-state index in [9.17, 15) is 4.79 Å². The molecule has 0 spiro atoms. The van der Waals surface area contributed by atoms with E-state index in [1.165, 1.54) is 0 Å². The lowest BCUT2D eigenvalue weighted by Gasteiger charge is -2.34. The number of carbonyl (C=O) groups is 1. The highest BCUT2D eigenvalue weighted by Crippen LogP contribution is 2.04. The number of carbonyl (C=O) groups excluding carboxylic acids is 1. The molecular formula is C14H25N5O. The molecule has 2 heterocycles. The maximum atomic E-state index is 12.2. The minimum Gasteiger partial charge on any atom is -0.347 e. The Morgan fingerprint density at radius 1 is 1.35 bits per heavy atom. The topological polar surface area (TPSA) is 53.4 Å². The van der Waals surface area contributed by atoms with Crippen molar-refractivity contribution in [2.45, 2.75) is 19.9 Å². The van der Waals surface area contributed by atoms with Crippen LogP contribution in [0.3, 0.4) is 0 Å². The van der Waals surface area contributed by atoms with E-state index in [1.807, 2.05) is 13.0 Å². The number of piperazine rings is 1. The molecule has 20 heavy (non-hydrogen) atoms. The monoisotopic (exact) mass is 279 g/mol. The third-order valence-electron chi connectivity index (χ3n) is 3.74. The van der Waals surface area contributed by atoms with E-state index >= 15 is 0 Å². The van der Waals surface area contributed by atoms with Crippen LogP contribution in [0.2, 0.25) is 0 Å². The van der Waals surface area contributed by atoms with Gasteiger partial charge >= 0.3 is 0 Å². The van der Waals surface area contributed by atoms with Gasteiger partial charge in [0.15, 0.2) is 0 Å². The number of likely N-dealkylation sites (N-methyl/N-ethyl adjacent to an activating group) is 1. The number of amides is 1. The molecule has 0 aliphatic carbocycles. The SMILES string of the molecule is Cc1cc(C(=O)NC(C)CN2CCN(C)CC2)n(C)n1. The minimum atomic E-state index is -0.0465. The Hall–Kier alpha value is -1.40. The maximum absolute atomic E-state index is 12.2. The normalized spacial score (nSPS) is 19.0.